The molecule has 0 aromatic rings. The average Bonchev–Trinajstić information content (AvgIpc) is 2.02. The number of hydrogen-bond acceptors (Lipinski definition) is 4. The minimum atomic E-state index is -0.912. The van der Waals surface area contributed by atoms with Crippen LogP contribution in [-0.2, 0) is 0 Å². The summed E-state index contributed by atoms with van der Waals surface area (Å²) in [5.74, 6) is 0. The van der Waals surface area contributed by atoms with E-state index < -0.39 is 11.6 Å². The molecule has 0 aliphatic rings. The summed E-state index contributed by atoms with van der Waals surface area (Å²) >= 11 is 0. The first-order chi connectivity index (χ1) is 6.37. The Morgan fingerprint density at radius 1 is 1.50 bits per heavy atom. The van der Waals surface area contributed by atoms with Crippen molar-refractivity contribution in [2.75, 3.05) is 0 Å². The van der Waals surface area contributed by atoms with Crippen LogP contribution in [0.3, 0.4) is 0 Å². The van der Waals surface area contributed by atoms with E-state index in [1.54, 1.807) is 13.8 Å². The zero-order valence-electron chi connectivity index (χ0n) is 8.83. The van der Waals surface area contributed by atoms with Gasteiger partial charge in [-0.3, -0.25) is 0 Å². The first-order valence-electron chi connectivity index (χ1n) is 4.27. The molecule has 0 rings (SSSR count). The molecule has 0 aromatic carbocycles. The van der Waals surface area contributed by atoms with Crippen LogP contribution in [0.15, 0.2) is 10.3 Å². The number of nitrogens with one attached hydrogen (secondary N) is 2. The standard InChI is InChI=1S/C8H15N5O/c1-6(2)10-7(14)11-13-12-8(3,4)5-9/h6H,1-4H3,(H2,10,11,12,14). The Morgan fingerprint density at radius 2 is 2.07 bits per heavy atom. The number of amides is 2. The highest BCUT2D eigenvalue weighted by Crippen LogP contribution is 2.05. The van der Waals surface area contributed by atoms with Crippen molar-refractivity contribution < 1.29 is 4.79 Å². The summed E-state index contributed by atoms with van der Waals surface area (Å²) in [5.41, 5.74) is 1.25. The second-order valence-corrected chi connectivity index (χ2v) is 3.61. The van der Waals surface area contributed by atoms with Gasteiger partial charge in [0.2, 0.25) is 0 Å². The van der Waals surface area contributed by atoms with Gasteiger partial charge in [0.05, 0.1) is 6.07 Å². The maximum absolute atomic E-state index is 11.0. The fourth-order valence-electron chi connectivity index (χ4n) is 0.512. The quantitative estimate of drug-likeness (QED) is 0.528. The highest BCUT2D eigenvalue weighted by molar-refractivity contribution is 5.73. The van der Waals surface area contributed by atoms with Crippen LogP contribution in [0, 0.1) is 11.3 Å². The van der Waals surface area contributed by atoms with Gasteiger partial charge in [0.15, 0.2) is 5.54 Å². The van der Waals surface area contributed by atoms with Crippen molar-refractivity contribution in [3.63, 3.8) is 0 Å². The molecule has 0 fully saturated rings. The van der Waals surface area contributed by atoms with Crippen molar-refractivity contribution in [1.29, 1.82) is 5.26 Å². The number of rotatable bonds is 3. The molecule has 2 amide bonds. The van der Waals surface area contributed by atoms with Gasteiger partial charge < -0.3 is 5.32 Å². The molecule has 0 aromatic heterocycles. The predicted octanol–water partition coefficient (Wildman–Crippen LogP) is 1.36. The molecule has 0 spiro atoms. The maximum Gasteiger partial charge on any atom is 0.336 e. The summed E-state index contributed by atoms with van der Waals surface area (Å²) < 4.78 is 0. The number of nitrogens with zero attached hydrogens (tertiary/aromatic N) is 3. The van der Waals surface area contributed by atoms with Crippen molar-refractivity contribution in [2.24, 2.45) is 10.3 Å². The average molecular weight is 197 g/mol. The molecule has 0 saturated heterocycles. The fraction of sp³-hybridized carbons (Fsp3) is 0.750. The van der Waals surface area contributed by atoms with E-state index in [9.17, 15) is 4.79 Å². The lowest BCUT2D eigenvalue weighted by atomic mass is 10.1. The van der Waals surface area contributed by atoms with Gasteiger partial charge in [-0.2, -0.15) is 5.26 Å². The third-order valence-corrected chi connectivity index (χ3v) is 1.14. The monoisotopic (exact) mass is 197 g/mol. The lowest BCUT2D eigenvalue weighted by Gasteiger charge is -2.08. The molecule has 78 valence electrons. The van der Waals surface area contributed by atoms with Crippen molar-refractivity contribution >= 4 is 6.03 Å². The van der Waals surface area contributed by atoms with E-state index in [0.29, 0.717) is 0 Å². The fourth-order valence-corrected chi connectivity index (χ4v) is 0.512. The van der Waals surface area contributed by atoms with Crippen LogP contribution in [-0.4, -0.2) is 17.6 Å². The van der Waals surface area contributed by atoms with E-state index in [1.165, 1.54) is 0 Å². The summed E-state index contributed by atoms with van der Waals surface area (Å²) in [4.78, 5) is 11.0. The van der Waals surface area contributed by atoms with Gasteiger partial charge in [-0.25, -0.2) is 10.2 Å². The van der Waals surface area contributed by atoms with Crippen LogP contribution < -0.4 is 10.7 Å². The third-order valence-electron chi connectivity index (χ3n) is 1.14. The molecule has 0 bridgehead atoms. The molecular weight excluding hydrogens is 182 g/mol. The molecule has 0 atom stereocenters. The molecule has 14 heavy (non-hydrogen) atoms. The molecule has 0 radical (unpaired) electrons. The molecule has 0 saturated carbocycles. The van der Waals surface area contributed by atoms with Gasteiger partial charge in [-0.1, -0.05) is 5.22 Å². The van der Waals surface area contributed by atoms with Crippen LogP contribution in [0.5, 0.6) is 0 Å². The zero-order valence-corrected chi connectivity index (χ0v) is 8.83. The smallest absolute Gasteiger partial charge is 0.334 e. The van der Waals surface area contributed by atoms with Gasteiger partial charge in [-0.05, 0) is 27.7 Å². The van der Waals surface area contributed by atoms with E-state index in [2.05, 4.69) is 21.1 Å². The lowest BCUT2D eigenvalue weighted by molar-refractivity contribution is 0.238. The summed E-state index contributed by atoms with van der Waals surface area (Å²) in [6.45, 7) is 6.85. The Balaban J connectivity index is 3.96. The second kappa shape index (κ2) is 5.17. The molecule has 6 heteroatoms. The molecule has 0 aliphatic carbocycles. The van der Waals surface area contributed by atoms with Crippen molar-refractivity contribution in [2.45, 2.75) is 39.3 Å². The first kappa shape index (κ1) is 12.4. The Bertz CT molecular complexity index is 263. The van der Waals surface area contributed by atoms with E-state index >= 15 is 0 Å². The van der Waals surface area contributed by atoms with Crippen molar-refractivity contribution in [3.8, 4) is 6.07 Å². The highest BCUT2D eigenvalue weighted by atomic mass is 16.2. The Labute approximate surface area is 83.4 Å². The maximum atomic E-state index is 11.0. The number of nitriles is 1. The van der Waals surface area contributed by atoms with Gasteiger partial charge in [0.1, 0.15) is 0 Å². The summed E-state index contributed by atoms with van der Waals surface area (Å²) in [7, 11) is 0. The number of urea groups is 1. The Hall–Kier alpha value is -1.64. The van der Waals surface area contributed by atoms with E-state index in [-0.39, 0.29) is 6.04 Å². The van der Waals surface area contributed by atoms with Crippen molar-refractivity contribution in [1.82, 2.24) is 10.7 Å². The molecule has 0 aliphatic heterocycles. The molecule has 0 heterocycles. The number of carbonyl (C=O) groups is 1. The van der Waals surface area contributed by atoms with Gasteiger partial charge >= 0.3 is 6.03 Å². The van der Waals surface area contributed by atoms with Gasteiger partial charge in [-0.15, -0.1) is 5.11 Å². The zero-order chi connectivity index (χ0) is 11.2. The molecule has 0 unspecified atom stereocenters. The SMILES string of the molecule is CC(C)NC(=O)NN=NC(C)(C)C#N. The molecule has 2 N–H and O–H groups in total. The van der Waals surface area contributed by atoms with Crippen molar-refractivity contribution in [3.05, 3.63) is 0 Å². The summed E-state index contributed by atoms with van der Waals surface area (Å²) in [6, 6.07) is 1.53. The molecule has 6 nitrogen and oxygen atoms in total. The van der Waals surface area contributed by atoms with Crippen LogP contribution >= 0.6 is 0 Å². The lowest BCUT2D eigenvalue weighted by Crippen LogP contribution is -2.37. The third kappa shape index (κ3) is 5.94. The van der Waals surface area contributed by atoms with Crippen LogP contribution in [0.25, 0.3) is 0 Å². The molecular formula is C8H15N5O. The number of carbonyl (C=O) groups excluding carboxylic acids is 1. The van der Waals surface area contributed by atoms with Gasteiger partial charge in [0, 0.05) is 6.04 Å². The minimum Gasteiger partial charge on any atom is -0.334 e. The van der Waals surface area contributed by atoms with Gasteiger partial charge in [0.25, 0.3) is 0 Å². The Kier molecular flexibility index (Phi) is 4.56. The predicted molar refractivity (Wildman–Crippen MR) is 51.4 cm³/mol. The highest BCUT2D eigenvalue weighted by Gasteiger charge is 2.14. The van der Waals surface area contributed by atoms with E-state index in [0.717, 1.165) is 0 Å². The minimum absolute atomic E-state index is 0.0363. The summed E-state index contributed by atoms with van der Waals surface area (Å²) in [5, 5.41) is 18.2. The number of hydrogen-bond donors (Lipinski definition) is 2. The van der Waals surface area contributed by atoms with Crippen LogP contribution in [0.2, 0.25) is 0 Å². The summed E-state index contributed by atoms with van der Waals surface area (Å²) in [6.07, 6.45) is 0. The normalized spacial score (nSPS) is 11.4. The van der Waals surface area contributed by atoms with Crippen LogP contribution in [0.1, 0.15) is 27.7 Å². The first-order valence-corrected chi connectivity index (χ1v) is 4.27. The topological polar surface area (TPSA) is 89.6 Å². The largest absolute Gasteiger partial charge is 0.336 e. The van der Waals surface area contributed by atoms with E-state index in [4.69, 9.17) is 5.26 Å². The second-order valence-electron chi connectivity index (χ2n) is 3.61. The van der Waals surface area contributed by atoms with Crippen LogP contribution in [0.4, 0.5) is 4.79 Å². The van der Waals surface area contributed by atoms with E-state index in [1.807, 2.05) is 19.9 Å². The Morgan fingerprint density at radius 3 is 2.50 bits per heavy atom.